The Balaban J connectivity index is 2.13. The first-order chi connectivity index (χ1) is 19.1. The van der Waals surface area contributed by atoms with Crippen LogP contribution in [0.1, 0.15) is 37.7 Å². The lowest BCUT2D eigenvalue weighted by Gasteiger charge is -2.53. The normalized spacial score (nSPS) is 13.5. The molecule has 0 aliphatic heterocycles. The van der Waals surface area contributed by atoms with Crippen LogP contribution in [0.15, 0.2) is 48.5 Å². The second kappa shape index (κ2) is 9.65. The molecule has 4 aromatic rings. The summed E-state index contributed by atoms with van der Waals surface area (Å²) in [5.41, 5.74) is -4.07. The summed E-state index contributed by atoms with van der Waals surface area (Å²) in [4.78, 5) is 0. The van der Waals surface area contributed by atoms with Crippen molar-refractivity contribution in [3.05, 3.63) is 118 Å². The van der Waals surface area contributed by atoms with E-state index >= 15 is 17.6 Å². The van der Waals surface area contributed by atoms with Crippen molar-refractivity contribution in [3.8, 4) is 11.1 Å². The van der Waals surface area contributed by atoms with Crippen LogP contribution < -0.4 is 16.2 Å². The van der Waals surface area contributed by atoms with Gasteiger partial charge in [-0.05, 0) is 16.7 Å². The van der Waals surface area contributed by atoms with Crippen molar-refractivity contribution in [1.82, 2.24) is 5.23 Å². The van der Waals surface area contributed by atoms with Gasteiger partial charge in [0.25, 0.3) is 0 Å². The van der Waals surface area contributed by atoms with Gasteiger partial charge in [0.05, 0.1) is 0 Å². The zero-order valence-corrected chi connectivity index (χ0v) is 21.6. The van der Waals surface area contributed by atoms with Crippen molar-refractivity contribution in [2.24, 2.45) is 0 Å². The van der Waals surface area contributed by atoms with Crippen molar-refractivity contribution < 1.29 is 43.9 Å². The monoisotopic (exact) mass is 582 g/mol. The van der Waals surface area contributed by atoms with Gasteiger partial charge in [0.15, 0.2) is 34.9 Å². The molecule has 0 spiro atoms. The molecule has 0 atom stereocenters. The number of nitrogens with one attached hydrogen (secondary N) is 1. The predicted molar refractivity (Wildman–Crippen MR) is 134 cm³/mol. The smallest absolute Gasteiger partial charge is 0.200 e. The Hall–Kier alpha value is -3.80. The molecule has 12 heteroatoms. The van der Waals surface area contributed by atoms with E-state index in [1.165, 1.54) is 45.0 Å². The first kappa shape index (κ1) is 28.7. The highest BCUT2D eigenvalue weighted by atomic mass is 19.2. The van der Waals surface area contributed by atoms with Crippen molar-refractivity contribution in [1.29, 1.82) is 0 Å². The van der Waals surface area contributed by atoms with Gasteiger partial charge in [0, 0.05) is 0 Å². The second-order valence-electron chi connectivity index (χ2n) is 10.9. The third-order valence-electron chi connectivity index (χ3n) is 7.44. The van der Waals surface area contributed by atoms with Gasteiger partial charge in [-0.2, -0.15) is 0 Å². The molecule has 0 heterocycles. The summed E-state index contributed by atoms with van der Waals surface area (Å²) < 4.78 is 151. The largest absolute Gasteiger partial charge is 0.475 e. The summed E-state index contributed by atoms with van der Waals surface area (Å²) in [7, 11) is 0. The minimum absolute atomic E-state index is 0.0957. The van der Waals surface area contributed by atoms with Gasteiger partial charge in [-0.15, -0.1) is 10.9 Å². The zero-order chi connectivity index (χ0) is 30.2. The number of hydrogen-bond acceptors (Lipinski definition) is 1. The molecule has 1 nitrogen and oxygen atoms in total. The highest BCUT2D eigenvalue weighted by Gasteiger charge is 2.51. The fourth-order valence-electron chi connectivity index (χ4n) is 6.16. The van der Waals surface area contributed by atoms with Gasteiger partial charge in [-0.1, -0.05) is 86.2 Å². The van der Waals surface area contributed by atoms with Crippen LogP contribution in [-0.2, 0) is 0 Å². The van der Waals surface area contributed by atoms with E-state index in [9.17, 15) is 26.3 Å². The molecule has 214 valence electrons. The fraction of sp³-hybridized carbons (Fsp3) is 0.172. The molecular formula is C29H19BF10N-. The first-order valence-electron chi connectivity index (χ1n) is 12.3. The van der Waals surface area contributed by atoms with Crippen molar-refractivity contribution in [2.75, 3.05) is 0 Å². The van der Waals surface area contributed by atoms with E-state index in [0.717, 1.165) is 0 Å². The number of hydrogen-bond donors (Lipinski definition) is 1. The molecule has 0 unspecified atom stereocenters. The maximum Gasteiger partial charge on any atom is 0.200 e. The number of benzene rings is 4. The van der Waals surface area contributed by atoms with E-state index in [1.54, 1.807) is 24.3 Å². The molecule has 41 heavy (non-hydrogen) atoms. The first-order valence-corrected chi connectivity index (χ1v) is 12.3. The van der Waals surface area contributed by atoms with E-state index in [1.807, 2.05) is 0 Å². The van der Waals surface area contributed by atoms with Crippen LogP contribution in [0.5, 0.6) is 0 Å². The summed E-state index contributed by atoms with van der Waals surface area (Å²) >= 11 is 0. The Morgan fingerprint density at radius 2 is 0.780 bits per heavy atom. The molecule has 5 rings (SSSR count). The fourth-order valence-corrected chi connectivity index (χ4v) is 6.16. The summed E-state index contributed by atoms with van der Waals surface area (Å²) in [5, 5.41) is 2.63. The zero-order valence-electron chi connectivity index (χ0n) is 21.6. The Kier molecular flexibility index (Phi) is 6.76. The number of halogens is 10. The van der Waals surface area contributed by atoms with Gasteiger partial charge in [-0.3, -0.25) is 0 Å². The van der Waals surface area contributed by atoms with Crippen LogP contribution in [0.25, 0.3) is 11.1 Å². The van der Waals surface area contributed by atoms with Crippen LogP contribution in [0.2, 0.25) is 0 Å². The Labute approximate surface area is 227 Å². The summed E-state index contributed by atoms with van der Waals surface area (Å²) in [6, 6.07) is 11.9. The van der Waals surface area contributed by atoms with E-state index in [-0.39, 0.29) is 11.1 Å². The molecule has 0 amide bonds. The molecule has 0 fully saturated rings. The molecule has 1 aliphatic carbocycles. The maximum absolute atomic E-state index is 15.9. The van der Waals surface area contributed by atoms with Crippen LogP contribution >= 0.6 is 0 Å². The van der Waals surface area contributed by atoms with Crippen LogP contribution in [0.4, 0.5) is 43.9 Å². The van der Waals surface area contributed by atoms with Gasteiger partial charge >= 0.3 is 0 Å². The second-order valence-corrected chi connectivity index (χ2v) is 10.9. The predicted octanol–water partition coefficient (Wildman–Crippen LogP) is 6.88. The third kappa shape index (κ3) is 4.06. The van der Waals surface area contributed by atoms with E-state index in [4.69, 9.17) is 0 Å². The van der Waals surface area contributed by atoms with E-state index in [2.05, 4.69) is 5.23 Å². The average molecular weight is 582 g/mol. The molecule has 1 aliphatic rings. The van der Waals surface area contributed by atoms with Gasteiger partial charge < -0.3 is 5.23 Å². The van der Waals surface area contributed by atoms with Crippen molar-refractivity contribution in [3.63, 3.8) is 0 Å². The molecule has 0 aromatic heterocycles. The minimum atomic E-state index is -4.35. The molecular weight excluding hydrogens is 563 g/mol. The molecule has 0 radical (unpaired) electrons. The lowest BCUT2D eigenvalue weighted by atomic mass is 9.19. The van der Waals surface area contributed by atoms with Gasteiger partial charge in [0.1, 0.15) is 29.5 Å². The van der Waals surface area contributed by atoms with Crippen LogP contribution in [0, 0.1) is 58.2 Å². The van der Waals surface area contributed by atoms with Crippen LogP contribution in [0.3, 0.4) is 0 Å². The Morgan fingerprint density at radius 3 is 1.10 bits per heavy atom. The van der Waals surface area contributed by atoms with E-state index in [0.29, 0.717) is 11.1 Å². The highest BCUT2D eigenvalue weighted by Crippen LogP contribution is 2.49. The average Bonchev–Trinajstić information content (AvgIpc) is 3.27. The summed E-state index contributed by atoms with van der Waals surface area (Å²) in [5.74, 6) is -26.6. The summed E-state index contributed by atoms with van der Waals surface area (Å²) in [6.45, 7) is 4.02. The molecule has 0 saturated carbocycles. The molecule has 1 N–H and O–H groups in total. The van der Waals surface area contributed by atoms with E-state index < -0.39 is 86.7 Å². The van der Waals surface area contributed by atoms with Gasteiger partial charge in [0.2, 0.25) is 0 Å². The Morgan fingerprint density at radius 1 is 0.488 bits per heavy atom. The van der Waals surface area contributed by atoms with Gasteiger partial charge in [-0.25, -0.2) is 43.9 Å². The maximum atomic E-state index is 15.9. The lowest BCUT2D eigenvalue weighted by Crippen LogP contribution is -2.79. The number of fused-ring (bicyclic) bond motifs is 3. The number of rotatable bonds is 4. The topological polar surface area (TPSA) is 12.0 Å². The Bertz CT molecular complexity index is 1560. The standard InChI is InChI=1S/C29H19BF10N/c1-29(2,3)41-30(17-19(31)23(35)27(39)24(36)20(17)32,18-21(33)25(37)28(40)26(38)22(18)34)16-14-10-6-4-8-12(14)13-9-5-7-11-15(13)16/h4-11,16,41H,1-3H3/q-1. The summed E-state index contributed by atoms with van der Waals surface area (Å²) in [6.07, 6.45) is -4.35. The van der Waals surface area contributed by atoms with Crippen molar-refractivity contribution in [2.45, 2.75) is 32.1 Å². The third-order valence-corrected chi connectivity index (χ3v) is 7.44. The quantitative estimate of drug-likeness (QED) is 0.120. The molecule has 0 bridgehead atoms. The molecule has 4 aromatic carbocycles. The lowest BCUT2D eigenvalue weighted by molar-refractivity contribution is 0.379. The minimum Gasteiger partial charge on any atom is -0.475 e. The SMILES string of the molecule is CC(C)(C)N[B-](c1c(F)c(F)c(F)c(F)c1F)(c1c(F)c(F)c(F)c(F)c1F)C1c2ccccc2-c2ccccc21. The van der Waals surface area contributed by atoms with Crippen molar-refractivity contribution >= 4 is 17.2 Å². The van der Waals surface area contributed by atoms with Crippen LogP contribution in [-0.4, -0.2) is 11.8 Å². The highest BCUT2D eigenvalue weighted by molar-refractivity contribution is 7.02. The molecule has 0 saturated heterocycles.